The van der Waals surface area contributed by atoms with Crippen LogP contribution in [-0.4, -0.2) is 42.5 Å². The molecular weight excluding hydrogens is 339 g/mol. The minimum atomic E-state index is -0.565. The molecule has 0 bridgehead atoms. The first-order chi connectivity index (χ1) is 11.0. The summed E-state index contributed by atoms with van der Waals surface area (Å²) in [5, 5.41) is 3.48. The van der Waals surface area contributed by atoms with Crippen molar-refractivity contribution in [2.24, 2.45) is 0 Å². The molecule has 2 rings (SSSR count). The van der Waals surface area contributed by atoms with Crippen molar-refractivity contribution in [2.45, 2.75) is 32.2 Å². The van der Waals surface area contributed by atoms with Crippen LogP contribution in [0, 0.1) is 0 Å². The Morgan fingerprint density at radius 1 is 1.26 bits per heavy atom. The van der Waals surface area contributed by atoms with Gasteiger partial charge in [0.15, 0.2) is 6.61 Å². The van der Waals surface area contributed by atoms with Gasteiger partial charge in [0.1, 0.15) is 11.8 Å². The predicted octanol–water partition coefficient (Wildman–Crippen LogP) is 2.89. The molecule has 0 spiro atoms. The maximum Gasteiger partial charge on any atom is 0.258 e. The monoisotopic (exact) mass is 358 g/mol. The molecule has 1 fully saturated rings. The summed E-state index contributed by atoms with van der Waals surface area (Å²) in [6, 6.07) is 4.20. The van der Waals surface area contributed by atoms with Crippen LogP contribution in [0.4, 0.5) is 0 Å². The lowest BCUT2D eigenvalue weighted by atomic mass is 10.1. The summed E-state index contributed by atoms with van der Waals surface area (Å²) in [5.74, 6) is -0.0438. The molecule has 0 radical (unpaired) electrons. The number of nitrogens with zero attached hydrogens (tertiary/aromatic N) is 1. The summed E-state index contributed by atoms with van der Waals surface area (Å²) in [6.07, 6.45) is 3.19. The van der Waals surface area contributed by atoms with Gasteiger partial charge in [0.25, 0.3) is 5.91 Å². The van der Waals surface area contributed by atoms with Gasteiger partial charge in [-0.25, -0.2) is 0 Å². The highest BCUT2D eigenvalue weighted by Gasteiger charge is 2.23. The summed E-state index contributed by atoms with van der Waals surface area (Å²) in [4.78, 5) is 25.9. The first-order valence-corrected chi connectivity index (χ1v) is 8.39. The highest BCUT2D eigenvalue weighted by Crippen LogP contribution is 2.27. The van der Waals surface area contributed by atoms with E-state index in [0.717, 1.165) is 32.4 Å². The van der Waals surface area contributed by atoms with Crippen molar-refractivity contribution < 1.29 is 14.3 Å². The lowest BCUT2D eigenvalue weighted by Crippen LogP contribution is -2.49. The van der Waals surface area contributed by atoms with Gasteiger partial charge in [-0.3, -0.25) is 9.59 Å². The van der Waals surface area contributed by atoms with Crippen molar-refractivity contribution in [3.05, 3.63) is 28.2 Å². The molecule has 126 valence electrons. The maximum atomic E-state index is 12.2. The molecule has 2 amide bonds. The molecular formula is C16H20Cl2N2O3. The van der Waals surface area contributed by atoms with Gasteiger partial charge in [-0.2, -0.15) is 0 Å². The normalized spacial score (nSPS) is 15.9. The van der Waals surface area contributed by atoms with Crippen LogP contribution in [0.5, 0.6) is 5.75 Å². The summed E-state index contributed by atoms with van der Waals surface area (Å²) in [7, 11) is 0. The number of rotatable bonds is 5. The van der Waals surface area contributed by atoms with E-state index in [1.54, 1.807) is 30.0 Å². The summed E-state index contributed by atoms with van der Waals surface area (Å²) in [6.45, 7) is 2.99. The van der Waals surface area contributed by atoms with Gasteiger partial charge in [-0.15, -0.1) is 0 Å². The number of benzene rings is 1. The number of ether oxygens (including phenoxy) is 1. The van der Waals surface area contributed by atoms with Gasteiger partial charge in [0.05, 0.1) is 5.02 Å². The third-order valence-electron chi connectivity index (χ3n) is 3.67. The number of amides is 2. The lowest BCUT2D eigenvalue weighted by Gasteiger charge is -2.29. The molecule has 1 aliphatic heterocycles. The van der Waals surface area contributed by atoms with Crippen molar-refractivity contribution in [3.8, 4) is 5.75 Å². The van der Waals surface area contributed by atoms with E-state index in [9.17, 15) is 9.59 Å². The van der Waals surface area contributed by atoms with Crippen LogP contribution < -0.4 is 10.1 Å². The van der Waals surface area contributed by atoms with E-state index in [0.29, 0.717) is 15.8 Å². The van der Waals surface area contributed by atoms with Crippen LogP contribution in [0.3, 0.4) is 0 Å². The number of hydrogen-bond acceptors (Lipinski definition) is 3. The van der Waals surface area contributed by atoms with Crippen molar-refractivity contribution in [2.75, 3.05) is 19.7 Å². The van der Waals surface area contributed by atoms with Gasteiger partial charge >= 0.3 is 0 Å². The van der Waals surface area contributed by atoms with Gasteiger partial charge in [0.2, 0.25) is 5.91 Å². The van der Waals surface area contributed by atoms with E-state index in [4.69, 9.17) is 27.9 Å². The fourth-order valence-corrected chi connectivity index (χ4v) is 2.93. The molecule has 5 nitrogen and oxygen atoms in total. The standard InChI is InChI=1S/C16H20Cl2N2O3/c1-11(16(22)20-7-3-2-4-8-20)19-15(21)10-23-14-6-5-12(17)9-13(14)18/h5-6,9,11H,2-4,7-8,10H2,1H3,(H,19,21)/t11-/m1/s1. The number of carbonyl (C=O) groups is 2. The highest BCUT2D eigenvalue weighted by molar-refractivity contribution is 6.35. The quantitative estimate of drug-likeness (QED) is 0.880. The molecule has 1 aromatic rings. The topological polar surface area (TPSA) is 58.6 Å². The van der Waals surface area contributed by atoms with Crippen molar-refractivity contribution in [1.29, 1.82) is 0 Å². The molecule has 1 N–H and O–H groups in total. The molecule has 7 heteroatoms. The molecule has 0 aromatic heterocycles. The third kappa shape index (κ3) is 5.29. The first-order valence-electron chi connectivity index (χ1n) is 7.63. The molecule has 1 aromatic carbocycles. The summed E-state index contributed by atoms with van der Waals surface area (Å²) in [5.41, 5.74) is 0. The minimum absolute atomic E-state index is 0.0532. The molecule has 1 heterocycles. The number of carbonyl (C=O) groups excluding carboxylic acids is 2. The molecule has 0 saturated carbocycles. The Labute approximate surface area is 145 Å². The summed E-state index contributed by atoms with van der Waals surface area (Å²) < 4.78 is 5.35. The van der Waals surface area contributed by atoms with Gasteiger partial charge in [-0.05, 0) is 44.4 Å². The van der Waals surface area contributed by atoms with E-state index in [2.05, 4.69) is 5.32 Å². The Hall–Kier alpha value is -1.46. The average Bonchev–Trinajstić information content (AvgIpc) is 2.54. The number of likely N-dealkylation sites (tertiary alicyclic amines) is 1. The third-order valence-corrected chi connectivity index (χ3v) is 4.20. The Kier molecular flexibility index (Phi) is 6.54. The number of nitrogens with one attached hydrogen (secondary N) is 1. The molecule has 1 saturated heterocycles. The molecule has 0 unspecified atom stereocenters. The van der Waals surface area contributed by atoms with Crippen LogP contribution in [0.1, 0.15) is 26.2 Å². The van der Waals surface area contributed by atoms with Crippen molar-refractivity contribution in [1.82, 2.24) is 10.2 Å². The largest absolute Gasteiger partial charge is 0.482 e. The van der Waals surface area contributed by atoms with Crippen LogP contribution in [0.2, 0.25) is 10.0 Å². The fraction of sp³-hybridized carbons (Fsp3) is 0.500. The van der Waals surface area contributed by atoms with Crippen molar-refractivity contribution >= 4 is 35.0 Å². The smallest absolute Gasteiger partial charge is 0.258 e. The van der Waals surface area contributed by atoms with Crippen LogP contribution in [-0.2, 0) is 9.59 Å². The average molecular weight is 359 g/mol. The van der Waals surface area contributed by atoms with E-state index in [1.807, 2.05) is 0 Å². The number of halogens is 2. The van der Waals surface area contributed by atoms with Crippen molar-refractivity contribution in [3.63, 3.8) is 0 Å². The Balaban J connectivity index is 1.80. The van der Waals surface area contributed by atoms with E-state index in [-0.39, 0.29) is 18.4 Å². The zero-order chi connectivity index (χ0) is 16.8. The maximum absolute atomic E-state index is 12.2. The van der Waals surface area contributed by atoms with E-state index >= 15 is 0 Å². The number of piperidine rings is 1. The zero-order valence-corrected chi connectivity index (χ0v) is 14.5. The number of hydrogen-bond donors (Lipinski definition) is 1. The summed E-state index contributed by atoms with van der Waals surface area (Å²) >= 11 is 11.8. The second kappa shape index (κ2) is 8.41. The van der Waals surface area contributed by atoms with Crippen LogP contribution in [0.25, 0.3) is 0 Å². The first kappa shape index (κ1) is 17.9. The fourth-order valence-electron chi connectivity index (χ4n) is 2.47. The molecule has 1 aliphatic rings. The van der Waals surface area contributed by atoms with E-state index < -0.39 is 6.04 Å². The SMILES string of the molecule is C[C@@H](NC(=O)COc1ccc(Cl)cc1Cl)C(=O)N1CCCCC1. The van der Waals surface area contributed by atoms with Crippen LogP contribution in [0.15, 0.2) is 18.2 Å². The second-order valence-corrected chi connectivity index (χ2v) is 6.38. The predicted molar refractivity (Wildman–Crippen MR) is 90.0 cm³/mol. The second-order valence-electron chi connectivity index (χ2n) is 5.54. The zero-order valence-electron chi connectivity index (χ0n) is 13.0. The van der Waals surface area contributed by atoms with Gasteiger partial charge in [-0.1, -0.05) is 23.2 Å². The molecule has 23 heavy (non-hydrogen) atoms. The lowest BCUT2D eigenvalue weighted by molar-refractivity contribution is -0.137. The Morgan fingerprint density at radius 2 is 1.96 bits per heavy atom. The molecule has 1 atom stereocenters. The Morgan fingerprint density at radius 3 is 2.61 bits per heavy atom. The Bertz CT molecular complexity index is 574. The van der Waals surface area contributed by atoms with Crippen LogP contribution >= 0.6 is 23.2 Å². The molecule has 0 aliphatic carbocycles. The minimum Gasteiger partial charge on any atom is -0.482 e. The van der Waals surface area contributed by atoms with Gasteiger partial charge < -0.3 is 15.0 Å². The highest BCUT2D eigenvalue weighted by atomic mass is 35.5. The van der Waals surface area contributed by atoms with Gasteiger partial charge in [0, 0.05) is 18.1 Å². The van der Waals surface area contributed by atoms with E-state index in [1.165, 1.54) is 0 Å².